The lowest BCUT2D eigenvalue weighted by Gasteiger charge is -2.34. The number of imidazole rings is 1. The first-order chi connectivity index (χ1) is 17.1. The standard InChI is InChI=1S/C24H27F3N4O5S/c1-14-9-19-29-17(21(32)30-23(3)5-7-37(33,34)8-6-23)12-31(19)15(2)20(14)36-22-18(10-16(25)11-28-22)35-13-24(4,26)27/h9-12H,5-8,13H2,1-4H3,(H,30,32). The Morgan fingerprint density at radius 3 is 2.57 bits per heavy atom. The highest BCUT2D eigenvalue weighted by atomic mass is 32.2. The molecule has 1 saturated heterocycles. The molecule has 0 spiro atoms. The molecule has 1 aliphatic rings. The van der Waals surface area contributed by atoms with Crippen molar-refractivity contribution in [2.24, 2.45) is 0 Å². The van der Waals surface area contributed by atoms with E-state index in [0.717, 1.165) is 12.3 Å². The van der Waals surface area contributed by atoms with Crippen molar-refractivity contribution in [1.82, 2.24) is 19.7 Å². The van der Waals surface area contributed by atoms with Crippen LogP contribution in [-0.2, 0) is 9.84 Å². The van der Waals surface area contributed by atoms with Crippen molar-refractivity contribution < 1.29 is 35.9 Å². The van der Waals surface area contributed by atoms with Crippen LogP contribution in [0.5, 0.6) is 17.4 Å². The second kappa shape index (κ2) is 9.51. The zero-order valence-electron chi connectivity index (χ0n) is 20.8. The number of hydrogen-bond donors (Lipinski definition) is 1. The van der Waals surface area contributed by atoms with E-state index in [-0.39, 0.29) is 28.8 Å². The van der Waals surface area contributed by atoms with Crippen LogP contribution in [-0.4, -0.2) is 58.3 Å². The lowest BCUT2D eigenvalue weighted by Crippen LogP contribution is -2.51. The molecule has 0 unspecified atom stereocenters. The minimum absolute atomic E-state index is 0.00691. The summed E-state index contributed by atoms with van der Waals surface area (Å²) in [4.78, 5) is 21.2. The predicted octanol–water partition coefficient (Wildman–Crippen LogP) is 4.01. The molecule has 37 heavy (non-hydrogen) atoms. The maximum atomic E-state index is 13.7. The van der Waals surface area contributed by atoms with Gasteiger partial charge in [-0.15, -0.1) is 0 Å². The van der Waals surface area contributed by atoms with Crippen LogP contribution in [0.3, 0.4) is 0 Å². The van der Waals surface area contributed by atoms with Gasteiger partial charge in [0.15, 0.2) is 18.1 Å². The molecular formula is C24H27F3N4O5S. The summed E-state index contributed by atoms with van der Waals surface area (Å²) in [5.41, 5.74) is 1.04. The van der Waals surface area contributed by atoms with Crippen molar-refractivity contribution in [2.45, 2.75) is 52.0 Å². The van der Waals surface area contributed by atoms with E-state index in [1.807, 2.05) is 0 Å². The number of carbonyl (C=O) groups excluding carboxylic acids is 1. The Kier molecular flexibility index (Phi) is 6.86. The lowest BCUT2D eigenvalue weighted by atomic mass is 9.95. The molecule has 3 aromatic rings. The van der Waals surface area contributed by atoms with E-state index in [1.165, 1.54) is 6.20 Å². The van der Waals surface area contributed by atoms with E-state index < -0.39 is 39.6 Å². The molecule has 0 radical (unpaired) electrons. The largest absolute Gasteiger partial charge is 0.482 e. The summed E-state index contributed by atoms with van der Waals surface area (Å²) in [6.07, 6.45) is 3.02. The van der Waals surface area contributed by atoms with Gasteiger partial charge in [-0.3, -0.25) is 9.20 Å². The number of halogens is 3. The van der Waals surface area contributed by atoms with Crippen LogP contribution in [0.1, 0.15) is 48.4 Å². The van der Waals surface area contributed by atoms with Gasteiger partial charge in [-0.25, -0.2) is 31.6 Å². The number of alkyl halides is 2. The third kappa shape index (κ3) is 6.14. The quantitative estimate of drug-likeness (QED) is 0.482. The molecule has 1 amide bonds. The van der Waals surface area contributed by atoms with E-state index in [0.29, 0.717) is 42.4 Å². The summed E-state index contributed by atoms with van der Waals surface area (Å²) >= 11 is 0. The summed E-state index contributed by atoms with van der Waals surface area (Å²) < 4.78 is 76.4. The molecule has 0 atom stereocenters. The average molecular weight is 541 g/mol. The summed E-state index contributed by atoms with van der Waals surface area (Å²) in [5.74, 6) is -4.54. The summed E-state index contributed by atoms with van der Waals surface area (Å²) in [7, 11) is -3.09. The van der Waals surface area contributed by atoms with E-state index in [4.69, 9.17) is 9.47 Å². The maximum absolute atomic E-state index is 13.7. The molecule has 0 saturated carbocycles. The van der Waals surface area contributed by atoms with Gasteiger partial charge in [0, 0.05) is 24.7 Å². The van der Waals surface area contributed by atoms with Gasteiger partial charge in [0.2, 0.25) is 0 Å². The van der Waals surface area contributed by atoms with Crippen molar-refractivity contribution in [3.05, 3.63) is 47.3 Å². The van der Waals surface area contributed by atoms with E-state index in [9.17, 15) is 26.4 Å². The first-order valence-corrected chi connectivity index (χ1v) is 13.3. The highest BCUT2D eigenvalue weighted by Crippen LogP contribution is 2.35. The Morgan fingerprint density at radius 2 is 1.92 bits per heavy atom. The first kappa shape index (κ1) is 26.7. The number of hydrogen-bond acceptors (Lipinski definition) is 7. The van der Waals surface area contributed by atoms with Crippen molar-refractivity contribution in [3.8, 4) is 17.4 Å². The van der Waals surface area contributed by atoms with Gasteiger partial charge in [0.25, 0.3) is 17.7 Å². The number of nitrogens with one attached hydrogen (secondary N) is 1. The molecule has 1 aliphatic heterocycles. The topological polar surface area (TPSA) is 112 Å². The zero-order chi connectivity index (χ0) is 27.2. The highest BCUT2D eigenvalue weighted by Gasteiger charge is 2.35. The Labute approximate surface area is 211 Å². The van der Waals surface area contributed by atoms with Gasteiger partial charge in [-0.1, -0.05) is 0 Å². The van der Waals surface area contributed by atoms with Gasteiger partial charge in [0.1, 0.15) is 27.0 Å². The third-order valence-corrected chi connectivity index (χ3v) is 7.82. The van der Waals surface area contributed by atoms with E-state index in [1.54, 1.807) is 31.2 Å². The minimum Gasteiger partial charge on any atom is -0.482 e. The van der Waals surface area contributed by atoms with Crippen LogP contribution in [0.15, 0.2) is 24.5 Å². The normalized spacial score (nSPS) is 16.9. The summed E-state index contributed by atoms with van der Waals surface area (Å²) in [5, 5.41) is 2.90. The number of nitrogens with zero attached hydrogens (tertiary/aromatic N) is 3. The monoisotopic (exact) mass is 540 g/mol. The van der Waals surface area contributed by atoms with Crippen molar-refractivity contribution in [3.63, 3.8) is 0 Å². The second-order valence-corrected chi connectivity index (χ2v) is 12.0. The Hall–Kier alpha value is -3.35. The van der Waals surface area contributed by atoms with Crippen LogP contribution in [0.2, 0.25) is 0 Å². The average Bonchev–Trinajstić information content (AvgIpc) is 3.22. The SMILES string of the molecule is Cc1cc2nc(C(=O)NC3(C)CCS(=O)(=O)CC3)cn2c(C)c1Oc1ncc(F)cc1OCC(C)(F)F. The van der Waals surface area contributed by atoms with Crippen LogP contribution in [0.4, 0.5) is 13.2 Å². The molecule has 0 aromatic carbocycles. The van der Waals surface area contributed by atoms with E-state index in [2.05, 4.69) is 15.3 Å². The van der Waals surface area contributed by atoms with Crippen LogP contribution in [0.25, 0.3) is 5.65 Å². The van der Waals surface area contributed by atoms with Crippen molar-refractivity contribution in [2.75, 3.05) is 18.1 Å². The number of ether oxygens (including phenoxy) is 2. The van der Waals surface area contributed by atoms with Gasteiger partial charge in [-0.2, -0.15) is 0 Å². The molecule has 13 heteroatoms. The molecule has 0 bridgehead atoms. The molecule has 0 aliphatic carbocycles. The van der Waals surface area contributed by atoms with Crippen molar-refractivity contribution in [1.29, 1.82) is 0 Å². The Bertz CT molecular complexity index is 1450. The Balaban J connectivity index is 1.60. The zero-order valence-corrected chi connectivity index (χ0v) is 21.6. The molecule has 1 N–H and O–H groups in total. The smallest absolute Gasteiger partial charge is 0.278 e. The fraction of sp³-hybridized carbons (Fsp3) is 0.458. The second-order valence-electron chi connectivity index (χ2n) is 9.68. The molecule has 9 nitrogen and oxygen atoms in total. The number of aryl methyl sites for hydroxylation is 2. The summed E-state index contributed by atoms with van der Waals surface area (Å²) in [6, 6.07) is 2.58. The molecule has 3 aromatic heterocycles. The predicted molar refractivity (Wildman–Crippen MR) is 129 cm³/mol. The van der Waals surface area contributed by atoms with Crippen LogP contribution in [0, 0.1) is 19.7 Å². The molecule has 1 fully saturated rings. The number of fused-ring (bicyclic) bond motifs is 1. The van der Waals surface area contributed by atoms with E-state index >= 15 is 0 Å². The number of sulfone groups is 1. The fourth-order valence-corrected chi connectivity index (χ4v) is 5.75. The molecule has 4 rings (SSSR count). The number of aromatic nitrogens is 3. The number of rotatable bonds is 7. The molecule has 200 valence electrons. The summed E-state index contributed by atoms with van der Waals surface area (Å²) in [6.45, 7) is 4.92. The highest BCUT2D eigenvalue weighted by molar-refractivity contribution is 7.91. The molecule has 4 heterocycles. The minimum atomic E-state index is -3.15. The third-order valence-electron chi connectivity index (χ3n) is 6.17. The first-order valence-electron chi connectivity index (χ1n) is 11.5. The molecular weight excluding hydrogens is 513 g/mol. The van der Waals surface area contributed by atoms with Gasteiger partial charge in [-0.05, 0) is 45.2 Å². The number of pyridine rings is 2. The van der Waals surface area contributed by atoms with Gasteiger partial charge >= 0.3 is 0 Å². The number of amides is 1. The van der Waals surface area contributed by atoms with Gasteiger partial charge in [0.05, 0.1) is 23.4 Å². The van der Waals surface area contributed by atoms with Gasteiger partial charge < -0.3 is 14.8 Å². The van der Waals surface area contributed by atoms with Crippen LogP contribution < -0.4 is 14.8 Å². The number of carbonyl (C=O) groups is 1. The fourth-order valence-electron chi connectivity index (χ4n) is 4.02. The lowest BCUT2D eigenvalue weighted by molar-refractivity contribution is -0.0236. The maximum Gasteiger partial charge on any atom is 0.278 e. The Morgan fingerprint density at radius 1 is 1.24 bits per heavy atom. The van der Waals surface area contributed by atoms with Crippen molar-refractivity contribution >= 4 is 21.4 Å². The van der Waals surface area contributed by atoms with Crippen LogP contribution >= 0.6 is 0 Å².